The first kappa shape index (κ1) is 22.9. The first-order chi connectivity index (χ1) is 11.4. The Bertz CT molecular complexity index is 474. The third kappa shape index (κ3) is 16.6. The number of ether oxygens (including phenoxy) is 1. The van der Waals surface area contributed by atoms with E-state index < -0.39 is 11.7 Å². The van der Waals surface area contributed by atoms with Gasteiger partial charge in [-0.25, -0.2) is 4.79 Å². The normalized spacial score (nSPS) is 11.9. The number of rotatable bonds is 8. The summed E-state index contributed by atoms with van der Waals surface area (Å²) in [6, 6.07) is 0. The van der Waals surface area contributed by atoms with Gasteiger partial charge in [0, 0.05) is 26.1 Å². The summed E-state index contributed by atoms with van der Waals surface area (Å²) in [6.07, 6.45) is 3.66. The van der Waals surface area contributed by atoms with Gasteiger partial charge in [0.1, 0.15) is 5.60 Å². The molecule has 0 radical (unpaired) electrons. The smallest absolute Gasteiger partial charge is 0.407 e. The average Bonchev–Trinajstić information content (AvgIpc) is 2.42. The first-order valence-electron chi connectivity index (χ1n) is 8.60. The highest BCUT2D eigenvalue weighted by atomic mass is 16.6. The van der Waals surface area contributed by atoms with Crippen molar-refractivity contribution in [1.29, 1.82) is 0 Å². The van der Waals surface area contributed by atoms with Crippen LogP contribution >= 0.6 is 0 Å². The second-order valence-corrected chi connectivity index (χ2v) is 7.87. The third-order valence-electron chi connectivity index (χ3n) is 2.73. The number of hydrogen-bond acceptors (Lipinski definition) is 4. The van der Waals surface area contributed by atoms with Crippen LogP contribution in [0.3, 0.4) is 0 Å². The van der Waals surface area contributed by atoms with E-state index in [-0.39, 0.29) is 30.2 Å². The fourth-order valence-electron chi connectivity index (χ4n) is 1.59. The molecular weight excluding hydrogens is 322 g/mol. The lowest BCUT2D eigenvalue weighted by atomic mass is 9.96. The molecule has 144 valence electrons. The zero-order chi connectivity index (χ0) is 19.5. The van der Waals surface area contributed by atoms with Crippen LogP contribution in [0.1, 0.15) is 54.4 Å². The topological polar surface area (TPSA) is 96.5 Å². The lowest BCUT2D eigenvalue weighted by Gasteiger charge is -2.19. The Morgan fingerprint density at radius 3 is 2.04 bits per heavy atom. The van der Waals surface area contributed by atoms with Crippen molar-refractivity contribution in [2.45, 2.75) is 60.0 Å². The van der Waals surface area contributed by atoms with E-state index in [0.717, 1.165) is 0 Å². The zero-order valence-electron chi connectivity index (χ0n) is 16.3. The SMILES string of the molecule is CC(C)(C)/C=C/C(=O)NCCCNC(=O)CCNC(=O)OC(C)(C)C. The molecule has 0 atom stereocenters. The van der Waals surface area contributed by atoms with Gasteiger partial charge >= 0.3 is 6.09 Å². The summed E-state index contributed by atoms with van der Waals surface area (Å²) in [5.41, 5.74) is -0.586. The van der Waals surface area contributed by atoms with E-state index in [1.165, 1.54) is 6.08 Å². The predicted octanol–water partition coefficient (Wildman–Crippen LogP) is 2.13. The number of hydrogen-bond donors (Lipinski definition) is 3. The minimum absolute atomic E-state index is 0.0291. The van der Waals surface area contributed by atoms with Gasteiger partial charge in [-0.3, -0.25) is 9.59 Å². The van der Waals surface area contributed by atoms with Crippen LogP contribution in [-0.2, 0) is 14.3 Å². The van der Waals surface area contributed by atoms with Crippen molar-refractivity contribution in [1.82, 2.24) is 16.0 Å². The zero-order valence-corrected chi connectivity index (χ0v) is 16.3. The Balaban J connectivity index is 3.70. The molecule has 0 heterocycles. The number of carbonyl (C=O) groups excluding carboxylic acids is 3. The van der Waals surface area contributed by atoms with E-state index in [1.54, 1.807) is 20.8 Å². The largest absolute Gasteiger partial charge is 0.444 e. The molecule has 0 saturated carbocycles. The summed E-state index contributed by atoms with van der Waals surface area (Å²) in [4.78, 5) is 34.6. The molecule has 0 unspecified atom stereocenters. The van der Waals surface area contributed by atoms with Crippen molar-refractivity contribution in [3.05, 3.63) is 12.2 Å². The molecule has 0 aromatic rings. The van der Waals surface area contributed by atoms with Crippen LogP contribution < -0.4 is 16.0 Å². The Hall–Kier alpha value is -2.05. The number of alkyl carbamates (subject to hydrolysis) is 1. The van der Waals surface area contributed by atoms with Crippen LogP contribution in [0.5, 0.6) is 0 Å². The Morgan fingerprint density at radius 2 is 1.48 bits per heavy atom. The van der Waals surface area contributed by atoms with Crippen molar-refractivity contribution < 1.29 is 19.1 Å². The summed E-state index contributed by atoms with van der Waals surface area (Å²) in [7, 11) is 0. The van der Waals surface area contributed by atoms with E-state index >= 15 is 0 Å². The van der Waals surface area contributed by atoms with Crippen LogP contribution in [0.25, 0.3) is 0 Å². The second-order valence-electron chi connectivity index (χ2n) is 7.87. The number of allylic oxidation sites excluding steroid dienone is 1. The minimum Gasteiger partial charge on any atom is -0.444 e. The van der Waals surface area contributed by atoms with E-state index in [4.69, 9.17) is 4.74 Å². The summed E-state index contributed by atoms with van der Waals surface area (Å²) in [5.74, 6) is -0.294. The predicted molar refractivity (Wildman–Crippen MR) is 98.1 cm³/mol. The fourth-order valence-corrected chi connectivity index (χ4v) is 1.59. The van der Waals surface area contributed by atoms with Gasteiger partial charge in [-0.05, 0) is 38.7 Å². The van der Waals surface area contributed by atoms with Crippen LogP contribution in [0.2, 0.25) is 0 Å². The van der Waals surface area contributed by atoms with E-state index in [2.05, 4.69) is 16.0 Å². The van der Waals surface area contributed by atoms with E-state index in [1.807, 2.05) is 26.8 Å². The Kier molecular flexibility index (Phi) is 9.86. The molecule has 0 bridgehead atoms. The highest BCUT2D eigenvalue weighted by Crippen LogP contribution is 2.13. The molecule has 0 spiro atoms. The van der Waals surface area contributed by atoms with Gasteiger partial charge in [-0.15, -0.1) is 0 Å². The standard InChI is InChI=1S/C18H33N3O4/c1-17(2,3)10-8-14(22)19-11-7-12-20-15(23)9-13-21-16(24)25-18(4,5)6/h8,10H,7,9,11-13H2,1-6H3,(H,19,22)(H,20,23)(H,21,24)/b10-8+. The average molecular weight is 355 g/mol. The molecule has 3 N–H and O–H groups in total. The van der Waals surface area contributed by atoms with Crippen LogP contribution in [0.15, 0.2) is 12.2 Å². The van der Waals surface area contributed by atoms with Crippen LogP contribution in [-0.4, -0.2) is 43.1 Å². The summed E-state index contributed by atoms with van der Waals surface area (Å²) >= 11 is 0. The molecular formula is C18H33N3O4. The van der Waals surface area contributed by atoms with Gasteiger partial charge in [0.05, 0.1) is 0 Å². The number of nitrogens with one attached hydrogen (secondary N) is 3. The third-order valence-corrected chi connectivity index (χ3v) is 2.73. The molecule has 0 aromatic carbocycles. The Morgan fingerprint density at radius 1 is 0.880 bits per heavy atom. The lowest BCUT2D eigenvalue weighted by Crippen LogP contribution is -2.35. The van der Waals surface area contributed by atoms with Crippen molar-refractivity contribution in [2.75, 3.05) is 19.6 Å². The van der Waals surface area contributed by atoms with Gasteiger partial charge < -0.3 is 20.7 Å². The maximum Gasteiger partial charge on any atom is 0.407 e. The van der Waals surface area contributed by atoms with Gasteiger partial charge in [0.2, 0.25) is 11.8 Å². The highest BCUT2D eigenvalue weighted by Gasteiger charge is 2.15. The quantitative estimate of drug-likeness (QED) is 0.459. The molecule has 0 aliphatic carbocycles. The summed E-state index contributed by atoms with van der Waals surface area (Å²) in [6.45, 7) is 12.6. The van der Waals surface area contributed by atoms with Gasteiger partial charge in [-0.1, -0.05) is 26.8 Å². The lowest BCUT2D eigenvalue weighted by molar-refractivity contribution is -0.120. The van der Waals surface area contributed by atoms with Gasteiger partial charge in [0.15, 0.2) is 0 Å². The molecule has 0 fully saturated rings. The van der Waals surface area contributed by atoms with Crippen molar-refractivity contribution in [3.63, 3.8) is 0 Å². The van der Waals surface area contributed by atoms with E-state index in [0.29, 0.717) is 19.5 Å². The highest BCUT2D eigenvalue weighted by molar-refractivity contribution is 5.87. The maximum atomic E-state index is 11.6. The molecule has 0 aromatic heterocycles. The van der Waals surface area contributed by atoms with Crippen molar-refractivity contribution in [2.24, 2.45) is 5.41 Å². The second kappa shape index (κ2) is 10.7. The molecule has 3 amide bonds. The van der Waals surface area contributed by atoms with Crippen molar-refractivity contribution >= 4 is 17.9 Å². The van der Waals surface area contributed by atoms with Crippen molar-refractivity contribution in [3.8, 4) is 0 Å². The fraction of sp³-hybridized carbons (Fsp3) is 0.722. The maximum absolute atomic E-state index is 11.6. The monoisotopic (exact) mass is 355 g/mol. The van der Waals surface area contributed by atoms with E-state index in [9.17, 15) is 14.4 Å². The number of carbonyl (C=O) groups is 3. The molecule has 0 aliphatic rings. The van der Waals surface area contributed by atoms with Crippen LogP contribution in [0, 0.1) is 5.41 Å². The number of amides is 3. The van der Waals surface area contributed by atoms with Gasteiger partial charge in [-0.2, -0.15) is 0 Å². The Labute approximate surface area is 151 Å². The molecule has 0 rings (SSSR count). The molecule has 0 saturated heterocycles. The van der Waals surface area contributed by atoms with Crippen LogP contribution in [0.4, 0.5) is 4.79 Å². The van der Waals surface area contributed by atoms with Gasteiger partial charge in [0.25, 0.3) is 0 Å². The minimum atomic E-state index is -0.557. The molecule has 25 heavy (non-hydrogen) atoms. The molecule has 7 nitrogen and oxygen atoms in total. The molecule has 0 aliphatic heterocycles. The first-order valence-corrected chi connectivity index (χ1v) is 8.60. The summed E-state index contributed by atoms with van der Waals surface area (Å²) < 4.78 is 5.07. The summed E-state index contributed by atoms with van der Waals surface area (Å²) in [5, 5.41) is 8.02. The molecule has 7 heteroatoms.